The first-order chi connectivity index (χ1) is 9.79. The minimum absolute atomic E-state index is 0.339. The maximum absolute atomic E-state index is 6.08. The van der Waals surface area contributed by atoms with Gasteiger partial charge in [-0.1, -0.05) is 36.4 Å². The second-order valence-electron chi connectivity index (χ2n) is 5.78. The van der Waals surface area contributed by atoms with Crippen molar-refractivity contribution in [2.24, 2.45) is 0 Å². The number of allylic oxidation sites excluding steroid dienone is 1. The van der Waals surface area contributed by atoms with Crippen molar-refractivity contribution in [3.63, 3.8) is 0 Å². The van der Waals surface area contributed by atoms with Gasteiger partial charge in [-0.15, -0.1) is 6.58 Å². The molecule has 0 spiro atoms. The van der Waals surface area contributed by atoms with E-state index in [9.17, 15) is 0 Å². The van der Waals surface area contributed by atoms with Gasteiger partial charge in [0.05, 0.1) is 12.7 Å². The molecule has 3 atom stereocenters. The highest BCUT2D eigenvalue weighted by Crippen LogP contribution is 2.21. The van der Waals surface area contributed by atoms with Crippen LogP contribution in [0.25, 0.3) is 0 Å². The number of rotatable bonds is 7. The smallest absolute Gasteiger partial charge is 0.0730 e. The largest absolute Gasteiger partial charge is 0.372 e. The van der Waals surface area contributed by atoms with Crippen LogP contribution in [-0.2, 0) is 11.3 Å². The first kappa shape index (κ1) is 15.3. The summed E-state index contributed by atoms with van der Waals surface area (Å²) in [5.74, 6) is 0. The molecule has 1 aliphatic heterocycles. The van der Waals surface area contributed by atoms with Gasteiger partial charge in [0.15, 0.2) is 0 Å². The monoisotopic (exact) mass is 273 g/mol. The molecule has 0 saturated carbocycles. The minimum atomic E-state index is 0.339. The van der Waals surface area contributed by atoms with Crippen LogP contribution in [-0.4, -0.2) is 18.2 Å². The average Bonchev–Trinajstić information content (AvgIpc) is 2.48. The molecule has 0 bridgehead atoms. The van der Waals surface area contributed by atoms with Crippen LogP contribution in [0.5, 0.6) is 0 Å². The van der Waals surface area contributed by atoms with E-state index in [2.05, 4.69) is 43.1 Å². The summed E-state index contributed by atoms with van der Waals surface area (Å²) in [7, 11) is 0. The number of piperidine rings is 1. The van der Waals surface area contributed by atoms with Crippen molar-refractivity contribution in [1.82, 2.24) is 5.32 Å². The standard InChI is InChI=1S/C18H27NO/c1-3-4-6-11-17-12-13-18(15(2)19-17)20-14-16-9-7-5-8-10-16/h3,5,7-10,15,17-19H,1,4,6,11-14H2,2H3/t15-,17-,18+/m0/s1. The van der Waals surface area contributed by atoms with E-state index in [1.807, 2.05) is 12.1 Å². The van der Waals surface area contributed by atoms with Crippen molar-refractivity contribution < 1.29 is 4.74 Å². The van der Waals surface area contributed by atoms with Crippen molar-refractivity contribution in [2.45, 2.75) is 63.8 Å². The fourth-order valence-electron chi connectivity index (χ4n) is 2.92. The lowest BCUT2D eigenvalue weighted by Crippen LogP contribution is -2.49. The van der Waals surface area contributed by atoms with E-state index in [-0.39, 0.29) is 0 Å². The molecule has 2 rings (SSSR count). The predicted octanol–water partition coefficient (Wildman–Crippen LogP) is 4.07. The van der Waals surface area contributed by atoms with Gasteiger partial charge in [-0.2, -0.15) is 0 Å². The lowest BCUT2D eigenvalue weighted by Gasteiger charge is -2.35. The molecule has 0 unspecified atom stereocenters. The number of benzene rings is 1. The molecule has 1 N–H and O–H groups in total. The van der Waals surface area contributed by atoms with E-state index in [0.717, 1.165) is 13.0 Å². The zero-order chi connectivity index (χ0) is 14.2. The van der Waals surface area contributed by atoms with Crippen LogP contribution in [0.1, 0.15) is 44.6 Å². The Kier molecular flexibility index (Phi) is 6.28. The summed E-state index contributed by atoms with van der Waals surface area (Å²) in [5.41, 5.74) is 1.26. The maximum atomic E-state index is 6.08. The Morgan fingerprint density at radius 2 is 2.10 bits per heavy atom. The van der Waals surface area contributed by atoms with E-state index in [1.165, 1.54) is 31.2 Å². The SMILES string of the molecule is C=CCCC[C@H]1CC[C@@H](OCc2ccccc2)[C@H](C)N1. The van der Waals surface area contributed by atoms with Crippen LogP contribution >= 0.6 is 0 Å². The minimum Gasteiger partial charge on any atom is -0.372 e. The Morgan fingerprint density at radius 3 is 2.80 bits per heavy atom. The van der Waals surface area contributed by atoms with Gasteiger partial charge in [-0.05, 0) is 44.6 Å². The Labute approximate surface area is 123 Å². The molecule has 2 heteroatoms. The van der Waals surface area contributed by atoms with Gasteiger partial charge in [-0.3, -0.25) is 0 Å². The average molecular weight is 273 g/mol. The summed E-state index contributed by atoms with van der Waals surface area (Å²) in [6.45, 7) is 6.75. The molecule has 1 heterocycles. The van der Waals surface area contributed by atoms with Crippen LogP contribution < -0.4 is 5.32 Å². The Hall–Kier alpha value is -1.12. The topological polar surface area (TPSA) is 21.3 Å². The van der Waals surface area contributed by atoms with Crippen LogP contribution in [0.3, 0.4) is 0 Å². The highest BCUT2D eigenvalue weighted by atomic mass is 16.5. The molecule has 1 aromatic carbocycles. The van der Waals surface area contributed by atoms with Crippen LogP contribution in [0.15, 0.2) is 43.0 Å². The zero-order valence-electron chi connectivity index (χ0n) is 12.6. The van der Waals surface area contributed by atoms with E-state index in [1.54, 1.807) is 0 Å². The Morgan fingerprint density at radius 1 is 1.30 bits per heavy atom. The van der Waals surface area contributed by atoms with Crippen LogP contribution in [0.4, 0.5) is 0 Å². The first-order valence-corrected chi connectivity index (χ1v) is 7.82. The lowest BCUT2D eigenvalue weighted by molar-refractivity contribution is -0.00734. The molecular weight excluding hydrogens is 246 g/mol. The molecule has 20 heavy (non-hydrogen) atoms. The van der Waals surface area contributed by atoms with Gasteiger partial charge in [0.1, 0.15) is 0 Å². The summed E-state index contributed by atoms with van der Waals surface area (Å²) in [5, 5.41) is 3.70. The van der Waals surface area contributed by atoms with E-state index < -0.39 is 0 Å². The molecule has 1 aromatic rings. The summed E-state index contributed by atoms with van der Waals surface area (Å²) in [4.78, 5) is 0. The quantitative estimate of drug-likeness (QED) is 0.597. The maximum Gasteiger partial charge on any atom is 0.0730 e. The van der Waals surface area contributed by atoms with E-state index >= 15 is 0 Å². The number of hydrogen-bond donors (Lipinski definition) is 1. The molecule has 1 fully saturated rings. The van der Waals surface area contributed by atoms with Crippen molar-refractivity contribution in [2.75, 3.05) is 0 Å². The van der Waals surface area contributed by atoms with Gasteiger partial charge in [0.2, 0.25) is 0 Å². The van der Waals surface area contributed by atoms with Gasteiger partial charge in [0, 0.05) is 12.1 Å². The van der Waals surface area contributed by atoms with Crippen LogP contribution in [0, 0.1) is 0 Å². The third-order valence-corrected chi connectivity index (χ3v) is 4.12. The van der Waals surface area contributed by atoms with E-state index in [4.69, 9.17) is 4.74 Å². The molecule has 1 aliphatic rings. The Bertz CT molecular complexity index is 390. The fraction of sp³-hybridized carbons (Fsp3) is 0.556. The zero-order valence-corrected chi connectivity index (χ0v) is 12.6. The fourth-order valence-corrected chi connectivity index (χ4v) is 2.92. The summed E-state index contributed by atoms with van der Waals surface area (Å²) >= 11 is 0. The number of nitrogens with one attached hydrogen (secondary N) is 1. The second kappa shape index (κ2) is 8.23. The second-order valence-corrected chi connectivity index (χ2v) is 5.78. The highest BCUT2D eigenvalue weighted by Gasteiger charge is 2.26. The number of ether oxygens (including phenoxy) is 1. The third-order valence-electron chi connectivity index (χ3n) is 4.12. The van der Waals surface area contributed by atoms with Crippen molar-refractivity contribution >= 4 is 0 Å². The molecule has 0 radical (unpaired) electrons. The van der Waals surface area contributed by atoms with E-state index in [0.29, 0.717) is 18.2 Å². The van der Waals surface area contributed by atoms with Gasteiger partial charge in [0.25, 0.3) is 0 Å². The van der Waals surface area contributed by atoms with Gasteiger partial charge < -0.3 is 10.1 Å². The van der Waals surface area contributed by atoms with Crippen molar-refractivity contribution in [3.8, 4) is 0 Å². The molecule has 0 aromatic heterocycles. The highest BCUT2D eigenvalue weighted by molar-refractivity contribution is 5.13. The molecule has 0 aliphatic carbocycles. The van der Waals surface area contributed by atoms with Crippen molar-refractivity contribution in [1.29, 1.82) is 0 Å². The normalized spacial score (nSPS) is 26.4. The molecule has 1 saturated heterocycles. The molecular formula is C18H27NO. The van der Waals surface area contributed by atoms with Crippen molar-refractivity contribution in [3.05, 3.63) is 48.6 Å². The third kappa shape index (κ3) is 4.77. The van der Waals surface area contributed by atoms with Gasteiger partial charge >= 0.3 is 0 Å². The number of unbranched alkanes of at least 4 members (excludes halogenated alkanes) is 1. The molecule has 110 valence electrons. The lowest BCUT2D eigenvalue weighted by atomic mass is 9.93. The summed E-state index contributed by atoms with van der Waals surface area (Å²) in [6.07, 6.45) is 8.36. The molecule has 0 amide bonds. The van der Waals surface area contributed by atoms with Gasteiger partial charge in [-0.25, -0.2) is 0 Å². The summed E-state index contributed by atoms with van der Waals surface area (Å²) < 4.78 is 6.08. The Balaban J connectivity index is 1.71. The predicted molar refractivity (Wildman–Crippen MR) is 84.7 cm³/mol. The molecule has 2 nitrogen and oxygen atoms in total. The number of hydrogen-bond acceptors (Lipinski definition) is 2. The first-order valence-electron chi connectivity index (χ1n) is 7.82. The van der Waals surface area contributed by atoms with Crippen LogP contribution in [0.2, 0.25) is 0 Å². The summed E-state index contributed by atoms with van der Waals surface area (Å²) in [6, 6.07) is 11.5.